The first-order chi connectivity index (χ1) is 10.2. The Balaban J connectivity index is 0.000000155. The van der Waals surface area contributed by atoms with Gasteiger partial charge in [-0.25, -0.2) is 0 Å². The van der Waals surface area contributed by atoms with Crippen molar-refractivity contribution < 1.29 is 29.2 Å². The zero-order valence-corrected chi connectivity index (χ0v) is 11.7. The van der Waals surface area contributed by atoms with Crippen molar-refractivity contribution in [3.05, 3.63) is 36.4 Å². The normalized spacial score (nSPS) is 11.3. The van der Waals surface area contributed by atoms with Crippen molar-refractivity contribution in [2.45, 2.75) is 0 Å². The summed E-state index contributed by atoms with van der Waals surface area (Å²) in [7, 11) is 3.03. The minimum Gasteiger partial charge on any atom is -0.504 e. The fraction of sp³-hybridized carbons (Fsp3) is 0.200. The van der Waals surface area contributed by atoms with Crippen LogP contribution >= 0.6 is 0 Å². The van der Waals surface area contributed by atoms with Crippen LogP contribution in [-0.2, 0) is 0 Å². The fourth-order valence-electron chi connectivity index (χ4n) is 1.74. The van der Waals surface area contributed by atoms with Crippen LogP contribution in [0.4, 0.5) is 0 Å². The van der Waals surface area contributed by atoms with Crippen molar-refractivity contribution >= 4 is 0 Å². The van der Waals surface area contributed by atoms with Crippen molar-refractivity contribution in [1.29, 1.82) is 0 Å². The van der Waals surface area contributed by atoms with Crippen LogP contribution in [0.25, 0.3) is 0 Å². The lowest BCUT2D eigenvalue weighted by atomic mass is 10.3. The minimum absolute atomic E-state index is 0.167. The average molecular weight is 292 g/mol. The first-order valence-electron chi connectivity index (χ1n) is 6.15. The van der Waals surface area contributed by atoms with Crippen molar-refractivity contribution in [2.75, 3.05) is 21.0 Å². The van der Waals surface area contributed by atoms with E-state index in [0.717, 1.165) is 11.5 Å². The van der Waals surface area contributed by atoms with E-state index in [-0.39, 0.29) is 24.0 Å². The van der Waals surface area contributed by atoms with Gasteiger partial charge in [0.1, 0.15) is 0 Å². The summed E-state index contributed by atoms with van der Waals surface area (Å²) in [5.41, 5.74) is 0. The number of rotatable bonds is 2. The van der Waals surface area contributed by atoms with Crippen LogP contribution in [0.3, 0.4) is 0 Å². The number of methoxy groups -OCH3 is 2. The third-order valence-corrected chi connectivity index (χ3v) is 2.78. The number of ether oxygens (including phenoxy) is 4. The molecule has 0 spiro atoms. The SMILES string of the molecule is COc1cccc(O)c1O.COc1cccc2c1OCO2. The first kappa shape index (κ1) is 14.6. The summed E-state index contributed by atoms with van der Waals surface area (Å²) >= 11 is 0. The summed E-state index contributed by atoms with van der Waals surface area (Å²) in [6, 6.07) is 10.1. The van der Waals surface area contributed by atoms with Crippen molar-refractivity contribution in [1.82, 2.24) is 0 Å². The zero-order chi connectivity index (χ0) is 15.2. The number of fused-ring (bicyclic) bond motifs is 1. The monoisotopic (exact) mass is 292 g/mol. The second-order valence-electron chi connectivity index (χ2n) is 4.02. The number of hydrogen-bond donors (Lipinski definition) is 2. The molecule has 21 heavy (non-hydrogen) atoms. The Hall–Kier alpha value is -2.76. The number of phenols is 2. The molecule has 0 amide bonds. The van der Waals surface area contributed by atoms with E-state index in [2.05, 4.69) is 0 Å². The molecule has 0 atom stereocenters. The van der Waals surface area contributed by atoms with Gasteiger partial charge in [0.15, 0.2) is 28.7 Å². The minimum atomic E-state index is -0.218. The lowest BCUT2D eigenvalue weighted by molar-refractivity contribution is 0.171. The van der Waals surface area contributed by atoms with Gasteiger partial charge in [-0.3, -0.25) is 0 Å². The number of phenolic OH excluding ortho intramolecular Hbond substituents is 2. The molecular weight excluding hydrogens is 276 g/mol. The molecule has 6 nitrogen and oxygen atoms in total. The summed E-state index contributed by atoms with van der Waals surface area (Å²) in [4.78, 5) is 0. The lowest BCUT2D eigenvalue weighted by Crippen LogP contribution is -1.93. The highest BCUT2D eigenvalue weighted by Gasteiger charge is 2.16. The molecule has 0 saturated heterocycles. The second-order valence-corrected chi connectivity index (χ2v) is 4.02. The van der Waals surface area contributed by atoms with Crippen LogP contribution in [0.15, 0.2) is 36.4 Å². The number of para-hydroxylation sites is 2. The largest absolute Gasteiger partial charge is 0.504 e. The van der Waals surface area contributed by atoms with Crippen LogP contribution in [0.2, 0.25) is 0 Å². The van der Waals surface area contributed by atoms with Gasteiger partial charge in [0.25, 0.3) is 0 Å². The Morgan fingerprint density at radius 1 is 0.905 bits per heavy atom. The van der Waals surface area contributed by atoms with E-state index in [1.807, 2.05) is 18.2 Å². The van der Waals surface area contributed by atoms with Crippen molar-refractivity contribution in [2.24, 2.45) is 0 Å². The van der Waals surface area contributed by atoms with Gasteiger partial charge >= 0.3 is 0 Å². The molecule has 2 aromatic carbocycles. The molecule has 1 aliphatic rings. The molecule has 0 radical (unpaired) electrons. The van der Waals surface area contributed by atoms with Gasteiger partial charge in [-0.2, -0.15) is 0 Å². The number of aromatic hydroxyl groups is 2. The highest BCUT2D eigenvalue weighted by Crippen LogP contribution is 2.40. The smallest absolute Gasteiger partial charge is 0.231 e. The molecule has 1 aliphatic heterocycles. The second kappa shape index (κ2) is 6.60. The molecule has 3 rings (SSSR count). The molecule has 0 fully saturated rings. The molecular formula is C15H16O6. The molecule has 0 saturated carbocycles. The third-order valence-electron chi connectivity index (χ3n) is 2.78. The standard InChI is InChI=1S/C8H8O3.C7H8O3/c1-9-6-3-2-4-7-8(6)11-5-10-7;1-10-6-4-2-3-5(8)7(6)9/h2-4H,5H2,1H3;2-4,8-9H,1H3. The van der Waals surface area contributed by atoms with E-state index in [9.17, 15) is 0 Å². The van der Waals surface area contributed by atoms with Gasteiger partial charge in [-0.15, -0.1) is 0 Å². The van der Waals surface area contributed by atoms with Gasteiger partial charge in [0, 0.05) is 0 Å². The highest BCUT2D eigenvalue weighted by atomic mass is 16.7. The lowest BCUT2D eigenvalue weighted by Gasteiger charge is -2.02. The summed E-state index contributed by atoms with van der Waals surface area (Å²) in [6.45, 7) is 0.287. The molecule has 1 heterocycles. The predicted molar refractivity (Wildman–Crippen MR) is 75.4 cm³/mol. The van der Waals surface area contributed by atoms with E-state index < -0.39 is 0 Å². The Morgan fingerprint density at radius 3 is 2.24 bits per heavy atom. The molecule has 0 bridgehead atoms. The van der Waals surface area contributed by atoms with Crippen molar-refractivity contribution in [3.8, 4) is 34.5 Å². The Morgan fingerprint density at radius 2 is 1.57 bits per heavy atom. The van der Waals surface area contributed by atoms with Crippen LogP contribution < -0.4 is 18.9 Å². The topological polar surface area (TPSA) is 77.4 Å². The summed E-state index contributed by atoms with van der Waals surface area (Å²) < 4.78 is 20.1. The highest BCUT2D eigenvalue weighted by molar-refractivity contribution is 5.52. The van der Waals surface area contributed by atoms with Gasteiger partial charge in [-0.05, 0) is 24.3 Å². The molecule has 2 N–H and O–H groups in total. The van der Waals surface area contributed by atoms with E-state index in [1.54, 1.807) is 19.2 Å². The van der Waals surface area contributed by atoms with Gasteiger partial charge in [0.05, 0.1) is 14.2 Å². The molecule has 2 aromatic rings. The maximum atomic E-state index is 9.02. The fourth-order valence-corrected chi connectivity index (χ4v) is 1.74. The van der Waals surface area contributed by atoms with Crippen LogP contribution in [-0.4, -0.2) is 31.2 Å². The zero-order valence-electron chi connectivity index (χ0n) is 11.7. The van der Waals surface area contributed by atoms with Crippen LogP contribution in [0.5, 0.6) is 34.5 Å². The predicted octanol–water partition coefficient (Wildman–Crippen LogP) is 2.53. The molecule has 0 aromatic heterocycles. The van der Waals surface area contributed by atoms with Gasteiger partial charge < -0.3 is 29.2 Å². The van der Waals surface area contributed by atoms with Gasteiger partial charge in [-0.1, -0.05) is 12.1 Å². The number of hydrogen-bond acceptors (Lipinski definition) is 6. The first-order valence-corrected chi connectivity index (χ1v) is 6.15. The molecule has 0 unspecified atom stereocenters. The average Bonchev–Trinajstić information content (AvgIpc) is 2.99. The van der Waals surface area contributed by atoms with E-state index in [0.29, 0.717) is 5.75 Å². The Labute approximate surface area is 122 Å². The third kappa shape index (κ3) is 3.22. The quantitative estimate of drug-likeness (QED) is 0.828. The maximum absolute atomic E-state index is 9.02. The van der Waals surface area contributed by atoms with E-state index in [1.165, 1.54) is 13.2 Å². The van der Waals surface area contributed by atoms with E-state index >= 15 is 0 Å². The molecule has 0 aliphatic carbocycles. The molecule has 6 heteroatoms. The summed E-state index contributed by atoms with van der Waals surface area (Å²) in [6.07, 6.45) is 0. The Kier molecular flexibility index (Phi) is 4.61. The number of benzene rings is 2. The van der Waals surface area contributed by atoms with E-state index in [4.69, 9.17) is 29.2 Å². The maximum Gasteiger partial charge on any atom is 0.231 e. The van der Waals surface area contributed by atoms with Crippen LogP contribution in [0.1, 0.15) is 0 Å². The van der Waals surface area contributed by atoms with Crippen molar-refractivity contribution in [3.63, 3.8) is 0 Å². The summed E-state index contributed by atoms with van der Waals surface area (Å²) in [5.74, 6) is 2.07. The summed E-state index contributed by atoms with van der Waals surface area (Å²) in [5, 5.41) is 17.9. The molecule has 112 valence electrons. The van der Waals surface area contributed by atoms with Gasteiger partial charge in [0.2, 0.25) is 12.5 Å². The van der Waals surface area contributed by atoms with Crippen LogP contribution in [0, 0.1) is 0 Å². The Bertz CT molecular complexity index is 611.